The van der Waals surface area contributed by atoms with Crippen molar-refractivity contribution in [1.29, 1.82) is 0 Å². The lowest BCUT2D eigenvalue weighted by Gasteiger charge is -2.15. The molecule has 3 atom stereocenters. The molecular formula is C28H22ClN5O4. The molecule has 0 radical (unpaired) electrons. The molecule has 2 aliphatic rings. The van der Waals surface area contributed by atoms with E-state index in [2.05, 4.69) is 19.9 Å². The lowest BCUT2D eigenvalue weighted by Crippen LogP contribution is -2.32. The molecule has 5 aromatic rings. The third-order valence-corrected chi connectivity index (χ3v) is 7.20. The van der Waals surface area contributed by atoms with Gasteiger partial charge in [-0.1, -0.05) is 60.1 Å². The van der Waals surface area contributed by atoms with Crippen LogP contribution < -0.4 is 10.3 Å². The van der Waals surface area contributed by atoms with E-state index in [-0.39, 0.29) is 23.9 Å². The van der Waals surface area contributed by atoms with E-state index in [0.717, 1.165) is 28.7 Å². The van der Waals surface area contributed by atoms with Gasteiger partial charge in [0.1, 0.15) is 11.9 Å². The van der Waals surface area contributed by atoms with E-state index in [1.807, 2.05) is 54.6 Å². The van der Waals surface area contributed by atoms with E-state index in [9.17, 15) is 4.79 Å². The second-order valence-corrected chi connectivity index (χ2v) is 9.73. The quantitative estimate of drug-likeness (QED) is 0.342. The largest absolute Gasteiger partial charge is 0.456 e. The van der Waals surface area contributed by atoms with Crippen LogP contribution in [-0.4, -0.2) is 56.4 Å². The molecule has 2 aliphatic heterocycles. The summed E-state index contributed by atoms with van der Waals surface area (Å²) in [6.45, 7) is 1.16. The highest BCUT2D eigenvalue weighted by atomic mass is 35.5. The van der Waals surface area contributed by atoms with Crippen molar-refractivity contribution in [1.82, 2.24) is 24.9 Å². The minimum absolute atomic E-state index is 0.0657. The van der Waals surface area contributed by atoms with Crippen molar-refractivity contribution in [3.05, 3.63) is 82.2 Å². The van der Waals surface area contributed by atoms with Crippen molar-refractivity contribution in [2.75, 3.05) is 13.2 Å². The van der Waals surface area contributed by atoms with Crippen LogP contribution in [-0.2, 0) is 9.47 Å². The van der Waals surface area contributed by atoms with Crippen LogP contribution in [0.5, 0.6) is 6.01 Å². The Morgan fingerprint density at radius 1 is 0.895 bits per heavy atom. The average Bonchev–Trinajstić information content (AvgIpc) is 3.66. The van der Waals surface area contributed by atoms with Crippen LogP contribution in [0.1, 0.15) is 6.42 Å². The molecule has 0 bridgehead atoms. The molecule has 2 aromatic carbocycles. The molecule has 38 heavy (non-hydrogen) atoms. The van der Waals surface area contributed by atoms with Crippen LogP contribution in [0.4, 0.5) is 0 Å². The number of fused-ring (bicyclic) bond motifs is 2. The molecule has 9 nitrogen and oxygen atoms in total. The fraction of sp³-hybridized carbons (Fsp3) is 0.214. The topological polar surface area (TPSA) is 115 Å². The maximum Gasteiger partial charge on any atom is 0.296 e. The molecule has 0 aliphatic carbocycles. The van der Waals surface area contributed by atoms with Crippen molar-refractivity contribution in [2.45, 2.75) is 24.7 Å². The zero-order chi connectivity index (χ0) is 25.6. The Bertz CT molecular complexity index is 1680. The normalized spacial score (nSPS) is 20.6. The number of benzene rings is 2. The van der Waals surface area contributed by atoms with Crippen LogP contribution in [0, 0.1) is 0 Å². The van der Waals surface area contributed by atoms with Crippen molar-refractivity contribution >= 4 is 22.8 Å². The van der Waals surface area contributed by atoms with Crippen LogP contribution in [0.3, 0.4) is 0 Å². The summed E-state index contributed by atoms with van der Waals surface area (Å²) in [5.74, 6) is 0.537. The number of nitrogens with one attached hydrogen (secondary N) is 2. The third kappa shape index (κ3) is 4.24. The summed E-state index contributed by atoms with van der Waals surface area (Å²) in [6.07, 6.45) is 2.21. The van der Waals surface area contributed by atoms with E-state index < -0.39 is 0 Å². The minimum atomic E-state index is -0.203. The number of imidazole rings is 1. The fourth-order valence-corrected chi connectivity index (χ4v) is 5.25. The standard InChI is InChI=1S/C28H22ClN5O4/c29-19-13-20-27(34-28(31-20)38-22-14-37-21-10-12-36-25(21)22)33-24(19)17-5-1-15(2-6-17)16-3-7-18(8-4-16)26-30-11-9-23(35)32-26/h1-9,11,13,21-22,25H,10,12,14H2,(H,30,32,35)(H,31,33,34)/t21-,22-,25+/m1/s1. The van der Waals surface area contributed by atoms with Gasteiger partial charge in [-0.3, -0.25) is 4.79 Å². The van der Waals surface area contributed by atoms with E-state index in [4.69, 9.17) is 30.8 Å². The highest BCUT2D eigenvalue weighted by Gasteiger charge is 2.43. The molecule has 7 rings (SSSR count). The zero-order valence-corrected chi connectivity index (χ0v) is 20.8. The monoisotopic (exact) mass is 527 g/mol. The SMILES string of the molecule is O=c1ccnc(-c2ccc(-c3ccc(-c4nc5nc(O[C@@H]6CO[C@@H]7CCO[C@@H]76)[nH]c5cc4Cl)cc3)cc2)[nH]1. The Hall–Kier alpha value is -4.05. The van der Waals surface area contributed by atoms with Gasteiger partial charge in [0.05, 0.1) is 28.9 Å². The lowest BCUT2D eigenvalue weighted by atomic mass is 10.0. The van der Waals surface area contributed by atoms with E-state index in [1.54, 1.807) is 0 Å². The molecule has 5 heterocycles. The molecule has 10 heteroatoms. The number of aromatic amines is 2. The number of nitrogens with zero attached hydrogens (tertiary/aromatic N) is 3. The van der Waals surface area contributed by atoms with Gasteiger partial charge in [-0.15, -0.1) is 0 Å². The van der Waals surface area contributed by atoms with Gasteiger partial charge in [0.15, 0.2) is 11.8 Å². The number of hydrogen-bond acceptors (Lipinski definition) is 7. The summed E-state index contributed by atoms with van der Waals surface area (Å²) in [5, 5.41) is 0.512. The van der Waals surface area contributed by atoms with Gasteiger partial charge in [0.25, 0.3) is 11.6 Å². The van der Waals surface area contributed by atoms with Gasteiger partial charge in [0.2, 0.25) is 0 Å². The highest BCUT2D eigenvalue weighted by molar-refractivity contribution is 6.33. The molecule has 2 fully saturated rings. The first-order chi connectivity index (χ1) is 18.6. The molecule has 190 valence electrons. The van der Waals surface area contributed by atoms with Gasteiger partial charge in [0, 0.05) is 30.0 Å². The summed E-state index contributed by atoms with van der Waals surface area (Å²) in [7, 11) is 0. The van der Waals surface area contributed by atoms with Crippen LogP contribution in [0.2, 0.25) is 5.02 Å². The van der Waals surface area contributed by atoms with Crippen LogP contribution in [0.25, 0.3) is 44.9 Å². The second kappa shape index (κ2) is 9.36. The van der Waals surface area contributed by atoms with Gasteiger partial charge in [-0.25, -0.2) is 9.97 Å². The minimum Gasteiger partial charge on any atom is -0.456 e. The number of hydrogen-bond donors (Lipinski definition) is 2. The predicted molar refractivity (Wildman–Crippen MR) is 142 cm³/mol. The Morgan fingerprint density at radius 3 is 2.39 bits per heavy atom. The Labute approximate surface area is 221 Å². The molecule has 3 aromatic heterocycles. The molecule has 0 amide bonds. The first kappa shape index (κ1) is 23.1. The fourth-order valence-electron chi connectivity index (χ4n) is 4.99. The number of H-pyrrole nitrogens is 2. The van der Waals surface area contributed by atoms with Gasteiger partial charge in [-0.2, -0.15) is 4.98 Å². The van der Waals surface area contributed by atoms with Crippen LogP contribution in [0.15, 0.2) is 71.7 Å². The first-order valence-corrected chi connectivity index (χ1v) is 12.7. The molecule has 2 saturated heterocycles. The number of ether oxygens (including phenoxy) is 3. The molecule has 0 unspecified atom stereocenters. The summed E-state index contributed by atoms with van der Waals surface area (Å²) in [6, 6.07) is 19.4. The predicted octanol–water partition coefficient (Wildman–Crippen LogP) is 4.63. The highest BCUT2D eigenvalue weighted by Crippen LogP contribution is 2.33. The van der Waals surface area contributed by atoms with Crippen molar-refractivity contribution in [2.24, 2.45) is 0 Å². The molecule has 0 saturated carbocycles. The van der Waals surface area contributed by atoms with E-state index in [1.165, 1.54) is 12.3 Å². The number of rotatable bonds is 5. The summed E-state index contributed by atoms with van der Waals surface area (Å²) >= 11 is 6.61. The number of halogens is 1. The third-order valence-electron chi connectivity index (χ3n) is 6.91. The number of aromatic nitrogens is 5. The smallest absolute Gasteiger partial charge is 0.296 e. The van der Waals surface area contributed by atoms with Gasteiger partial charge < -0.3 is 24.2 Å². The first-order valence-electron chi connectivity index (χ1n) is 12.3. The van der Waals surface area contributed by atoms with Crippen molar-refractivity contribution in [3.8, 4) is 39.8 Å². The molecule has 0 spiro atoms. The van der Waals surface area contributed by atoms with E-state index >= 15 is 0 Å². The maximum atomic E-state index is 11.6. The Balaban J connectivity index is 1.11. The number of pyridine rings is 1. The summed E-state index contributed by atoms with van der Waals surface area (Å²) in [5.41, 5.74) is 5.46. The summed E-state index contributed by atoms with van der Waals surface area (Å²) in [4.78, 5) is 30.9. The van der Waals surface area contributed by atoms with Crippen LogP contribution >= 0.6 is 11.6 Å². The molecule has 2 N–H and O–H groups in total. The maximum absolute atomic E-state index is 11.6. The second-order valence-electron chi connectivity index (χ2n) is 9.32. The van der Waals surface area contributed by atoms with Gasteiger partial charge >= 0.3 is 0 Å². The van der Waals surface area contributed by atoms with E-state index in [0.29, 0.717) is 46.9 Å². The summed E-state index contributed by atoms with van der Waals surface area (Å²) < 4.78 is 17.6. The van der Waals surface area contributed by atoms with Gasteiger partial charge in [-0.05, 0) is 23.6 Å². The van der Waals surface area contributed by atoms with Crippen molar-refractivity contribution < 1.29 is 14.2 Å². The van der Waals surface area contributed by atoms with Crippen molar-refractivity contribution in [3.63, 3.8) is 0 Å². The molecular weight excluding hydrogens is 506 g/mol. The Kier molecular flexibility index (Phi) is 5.69. The average molecular weight is 528 g/mol. The lowest BCUT2D eigenvalue weighted by molar-refractivity contribution is 0.0273. The zero-order valence-electron chi connectivity index (χ0n) is 20.1. The Morgan fingerprint density at radius 2 is 1.63 bits per heavy atom.